The highest BCUT2D eigenvalue weighted by molar-refractivity contribution is 7.97. The summed E-state index contributed by atoms with van der Waals surface area (Å²) in [4.78, 5) is 31.9. The third kappa shape index (κ3) is 15.7. The molecule has 8 aromatic rings. The van der Waals surface area contributed by atoms with Gasteiger partial charge in [-0.25, -0.2) is 0 Å². The highest BCUT2D eigenvalue weighted by Crippen LogP contribution is 2.37. The van der Waals surface area contributed by atoms with Gasteiger partial charge in [0.05, 0.1) is 30.6 Å². The maximum Gasteiger partial charge on any atom is 0.762 e. The van der Waals surface area contributed by atoms with Gasteiger partial charge in [-0.15, -0.1) is 0 Å². The molecule has 0 saturated carbocycles. The summed E-state index contributed by atoms with van der Waals surface area (Å²) in [5.41, 5.74) is 13.2. The van der Waals surface area contributed by atoms with Gasteiger partial charge in [-0.05, 0) is 134 Å². The first kappa shape index (κ1) is 54.3. The molecular formula is C53H50BF3N10O4S. The van der Waals surface area contributed by atoms with E-state index in [9.17, 15) is 32.9 Å². The molecular weight excluding hydrogens is 941 g/mol. The third-order valence-corrected chi connectivity index (χ3v) is 9.98. The summed E-state index contributed by atoms with van der Waals surface area (Å²) in [6, 6.07) is 38.3. The third-order valence-electron chi connectivity index (χ3n) is 9.98. The van der Waals surface area contributed by atoms with Crippen molar-refractivity contribution < 1.29 is 32.4 Å². The lowest BCUT2D eigenvalue weighted by Gasteiger charge is -2.09. The molecule has 19 heteroatoms. The molecule has 72 heavy (non-hydrogen) atoms. The van der Waals surface area contributed by atoms with Crippen molar-refractivity contribution >= 4 is 42.5 Å². The summed E-state index contributed by atoms with van der Waals surface area (Å²) in [5, 5.41) is 43.3. The van der Waals surface area contributed by atoms with E-state index < -0.39 is 7.54 Å². The number of hydrogen-bond donors (Lipinski definition) is 3. The van der Waals surface area contributed by atoms with E-state index in [0.29, 0.717) is 17.1 Å². The number of nitriles is 2. The lowest BCUT2D eigenvalue weighted by atomic mass is 9.99. The van der Waals surface area contributed by atoms with Crippen LogP contribution in [0.2, 0.25) is 0 Å². The molecule has 0 saturated heterocycles. The Kier molecular flexibility index (Phi) is 19.9. The number of nitrogens with zero attached hydrogens (tertiary/aromatic N) is 8. The molecule has 0 aliphatic heterocycles. The van der Waals surface area contributed by atoms with E-state index >= 15 is 0 Å². The van der Waals surface area contributed by atoms with Crippen molar-refractivity contribution in [3.63, 3.8) is 0 Å². The SMILES string of the molecule is CC(=O)Nc1cccc(-c2cc(-c3cn(CC#N)nc3-c3cc(C)cc(O)c3)ccn2)c1.COc1cc(C)cc(-c2nn(CC#N)cc2-c2ccnc(-c3cccc(NC(C)=O)c3)c2)c1.CSC.FB(F)F. The Morgan fingerprint density at radius 2 is 1.08 bits per heavy atom. The number of pyridine rings is 2. The molecule has 366 valence electrons. The second-order valence-corrected chi connectivity index (χ2v) is 16.6. The molecule has 4 aromatic carbocycles. The molecule has 0 aliphatic rings. The number of phenolic OH excluding ortho intramolecular Hbond substituents is 1. The van der Waals surface area contributed by atoms with Gasteiger partial charge in [-0.2, -0.15) is 32.5 Å². The Balaban J connectivity index is 0.000000237. The van der Waals surface area contributed by atoms with Gasteiger partial charge in [0.2, 0.25) is 11.8 Å². The summed E-state index contributed by atoms with van der Waals surface area (Å²) in [6.45, 7) is 7.11. The van der Waals surface area contributed by atoms with Crippen LogP contribution in [0.15, 0.2) is 134 Å². The zero-order valence-electron chi connectivity index (χ0n) is 40.5. The molecule has 0 radical (unpaired) electrons. The van der Waals surface area contributed by atoms with Gasteiger partial charge in [0.15, 0.2) is 0 Å². The number of methoxy groups -OCH3 is 1. The first-order chi connectivity index (χ1) is 34.5. The van der Waals surface area contributed by atoms with E-state index in [1.165, 1.54) is 13.8 Å². The molecule has 2 amide bonds. The standard InChI is InChI=1S/C26H23N5O2.C25H21N5O2.C2H6S.BF3/c1-17-11-21(14-23(12-17)33-3)26-24(16-31(30-26)10-8-27)19-7-9-28-25(15-19)20-5-4-6-22(13-20)29-18(2)32;1-16-10-20(13-22(32)11-16)25-23(15-30(29-25)9-7-26)18-6-8-27-24(14-18)19-4-3-5-21(12-19)28-17(2)31;1-3-2;2-1(3)4/h4-7,9,11-16H,10H2,1-3H3,(H,29,32);3-6,8,10-15,32H,9H2,1-2H3,(H,28,31);1-2H3;. The van der Waals surface area contributed by atoms with E-state index in [1.807, 2.05) is 136 Å². The van der Waals surface area contributed by atoms with Gasteiger partial charge in [0, 0.05) is 83.4 Å². The predicted molar refractivity (Wildman–Crippen MR) is 279 cm³/mol. The van der Waals surface area contributed by atoms with Crippen LogP contribution in [-0.4, -0.2) is 73.6 Å². The van der Waals surface area contributed by atoms with Crippen molar-refractivity contribution in [2.24, 2.45) is 0 Å². The van der Waals surface area contributed by atoms with Gasteiger partial charge in [0.1, 0.15) is 36.0 Å². The quantitative estimate of drug-likeness (QED) is 0.104. The number of rotatable bonds is 11. The summed E-state index contributed by atoms with van der Waals surface area (Å²) < 4.78 is 37.7. The molecule has 0 spiro atoms. The smallest absolute Gasteiger partial charge is 0.508 e. The number of hydrogen-bond acceptors (Lipinski definition) is 11. The highest BCUT2D eigenvalue weighted by Gasteiger charge is 2.18. The minimum Gasteiger partial charge on any atom is -0.508 e. The zero-order valence-corrected chi connectivity index (χ0v) is 41.3. The number of aromatic hydroxyl groups is 1. The van der Waals surface area contributed by atoms with Crippen molar-refractivity contribution in [1.82, 2.24) is 29.5 Å². The van der Waals surface area contributed by atoms with Crippen LogP contribution in [0.3, 0.4) is 0 Å². The Hall–Kier alpha value is -8.68. The van der Waals surface area contributed by atoms with Crippen LogP contribution < -0.4 is 15.4 Å². The normalized spacial score (nSPS) is 10.1. The number of ether oxygens (including phenoxy) is 1. The molecule has 4 aromatic heterocycles. The summed E-state index contributed by atoms with van der Waals surface area (Å²) in [6.07, 6.45) is 11.2. The fourth-order valence-electron chi connectivity index (χ4n) is 7.33. The van der Waals surface area contributed by atoms with Crippen molar-refractivity contribution in [3.05, 3.63) is 145 Å². The fourth-order valence-corrected chi connectivity index (χ4v) is 7.33. The number of benzene rings is 4. The van der Waals surface area contributed by atoms with E-state index in [0.717, 1.165) is 78.5 Å². The molecule has 8 rings (SSSR count). The first-order valence-corrected chi connectivity index (χ1v) is 23.5. The molecule has 3 N–H and O–H groups in total. The lowest BCUT2D eigenvalue weighted by Crippen LogP contribution is -2.05. The second kappa shape index (κ2) is 26.3. The largest absolute Gasteiger partial charge is 0.762 e. The number of aryl methyl sites for hydroxylation is 2. The number of amides is 2. The minimum atomic E-state index is -3.67. The molecule has 0 bridgehead atoms. The molecule has 0 aliphatic carbocycles. The number of aromatic nitrogens is 6. The van der Waals surface area contributed by atoms with Crippen molar-refractivity contribution in [2.45, 2.75) is 40.8 Å². The van der Waals surface area contributed by atoms with Gasteiger partial charge < -0.3 is 20.5 Å². The number of carbonyl (C=O) groups excluding carboxylic acids is 2. The Bertz CT molecular complexity index is 3220. The average molecular weight is 991 g/mol. The second-order valence-electron chi connectivity index (χ2n) is 15.8. The number of halogens is 3. The number of nitrogens with one attached hydrogen (secondary N) is 2. The Morgan fingerprint density at radius 1 is 0.653 bits per heavy atom. The van der Waals surface area contributed by atoms with Crippen molar-refractivity contribution in [1.29, 1.82) is 10.5 Å². The van der Waals surface area contributed by atoms with Crippen LogP contribution in [0, 0.1) is 36.5 Å². The van der Waals surface area contributed by atoms with Crippen LogP contribution in [0.5, 0.6) is 11.5 Å². The predicted octanol–water partition coefficient (Wildman–Crippen LogP) is 11.7. The van der Waals surface area contributed by atoms with Crippen LogP contribution in [0.1, 0.15) is 25.0 Å². The Labute approximate surface area is 420 Å². The van der Waals surface area contributed by atoms with Crippen LogP contribution in [0.25, 0.3) is 67.3 Å². The fraction of sp³-hybridized carbons (Fsp3) is 0.170. The Morgan fingerprint density at radius 3 is 1.49 bits per heavy atom. The number of carbonyl (C=O) groups is 2. The summed E-state index contributed by atoms with van der Waals surface area (Å²) in [5.74, 6) is 0.638. The van der Waals surface area contributed by atoms with E-state index in [2.05, 4.69) is 42.9 Å². The average Bonchev–Trinajstić information content (AvgIpc) is 3.97. The maximum atomic E-state index is 11.4. The summed E-state index contributed by atoms with van der Waals surface area (Å²) >= 11 is 1.75. The summed E-state index contributed by atoms with van der Waals surface area (Å²) in [7, 11) is -2.03. The number of thioether (sulfide) groups is 1. The monoisotopic (exact) mass is 990 g/mol. The van der Waals surface area contributed by atoms with Crippen LogP contribution in [-0.2, 0) is 22.7 Å². The lowest BCUT2D eigenvalue weighted by molar-refractivity contribution is -0.115. The highest BCUT2D eigenvalue weighted by atomic mass is 32.2. The number of anilines is 2. The maximum absolute atomic E-state index is 11.4. The van der Waals surface area contributed by atoms with E-state index in [1.54, 1.807) is 52.8 Å². The zero-order chi connectivity index (χ0) is 52.3. The topological polar surface area (TPSA) is 197 Å². The van der Waals surface area contributed by atoms with Gasteiger partial charge in [-0.1, -0.05) is 24.3 Å². The first-order valence-electron chi connectivity index (χ1n) is 21.9. The minimum absolute atomic E-state index is 0.113. The van der Waals surface area contributed by atoms with Crippen molar-refractivity contribution in [3.8, 4) is 90.9 Å². The van der Waals surface area contributed by atoms with E-state index in [4.69, 9.17) is 10.00 Å². The molecule has 0 atom stereocenters. The van der Waals surface area contributed by atoms with Crippen LogP contribution >= 0.6 is 11.8 Å². The molecule has 14 nitrogen and oxygen atoms in total. The van der Waals surface area contributed by atoms with Crippen LogP contribution in [0.4, 0.5) is 24.3 Å². The molecule has 4 heterocycles. The van der Waals surface area contributed by atoms with Gasteiger partial charge in [-0.3, -0.25) is 41.9 Å². The molecule has 0 unspecified atom stereocenters. The molecule has 0 fully saturated rings. The van der Waals surface area contributed by atoms with Crippen molar-refractivity contribution in [2.75, 3.05) is 30.3 Å². The van der Waals surface area contributed by atoms with Gasteiger partial charge in [0.25, 0.3) is 0 Å². The van der Waals surface area contributed by atoms with Gasteiger partial charge >= 0.3 is 7.54 Å². The number of phenols is 1. The van der Waals surface area contributed by atoms with E-state index in [-0.39, 0.29) is 30.7 Å².